The van der Waals surface area contributed by atoms with E-state index in [4.69, 9.17) is 0 Å². The molecule has 0 radical (unpaired) electrons. The van der Waals surface area contributed by atoms with E-state index in [0.29, 0.717) is 22.8 Å². The number of hydrazine groups is 1. The fourth-order valence-electron chi connectivity index (χ4n) is 2.48. The van der Waals surface area contributed by atoms with Gasteiger partial charge < -0.3 is 10.6 Å². The second-order valence-corrected chi connectivity index (χ2v) is 5.71. The second-order valence-electron chi connectivity index (χ2n) is 5.71. The molecule has 26 heavy (non-hydrogen) atoms. The summed E-state index contributed by atoms with van der Waals surface area (Å²) >= 11 is 0. The summed E-state index contributed by atoms with van der Waals surface area (Å²) in [6.07, 6.45) is 1.69. The van der Waals surface area contributed by atoms with E-state index in [1.54, 1.807) is 42.5 Å². The lowest BCUT2D eigenvalue weighted by Crippen LogP contribution is -2.47. The van der Waals surface area contributed by atoms with Gasteiger partial charge in [0, 0.05) is 24.7 Å². The van der Waals surface area contributed by atoms with Crippen molar-refractivity contribution in [3.63, 3.8) is 0 Å². The van der Waals surface area contributed by atoms with Crippen molar-refractivity contribution in [2.75, 3.05) is 15.6 Å². The van der Waals surface area contributed by atoms with Crippen LogP contribution in [-0.4, -0.2) is 17.7 Å². The highest BCUT2D eigenvalue weighted by Crippen LogP contribution is 2.18. The maximum atomic E-state index is 12.5. The minimum Gasteiger partial charge on any atom is -0.326 e. The number of carbonyl (C=O) groups is 3. The van der Waals surface area contributed by atoms with Gasteiger partial charge in [0.15, 0.2) is 0 Å². The molecular formula is C19H18N4O3. The molecule has 0 fully saturated rings. The third kappa shape index (κ3) is 4.07. The molecule has 3 rings (SSSR count). The molecule has 7 nitrogen and oxygen atoms in total. The minimum atomic E-state index is -0.356. The summed E-state index contributed by atoms with van der Waals surface area (Å²) in [5, 5.41) is 6.77. The standard InChI is InChI=1S/C19H18N4O3/c1-13(24)20-14-7-9-15(10-8-14)21-19(26)17-11-12-18(25)23(22-17)16-5-3-2-4-6-16/h2-11,22H,12H2,1H3,(H,20,24)(H,21,26). The molecule has 0 aromatic heterocycles. The summed E-state index contributed by atoms with van der Waals surface area (Å²) in [5.41, 5.74) is 5.03. The predicted molar refractivity (Wildman–Crippen MR) is 99.1 cm³/mol. The molecule has 3 N–H and O–H groups in total. The molecule has 132 valence electrons. The Morgan fingerprint density at radius 1 is 0.962 bits per heavy atom. The Bertz CT molecular complexity index is 860. The number of hydrogen-bond acceptors (Lipinski definition) is 4. The molecule has 0 saturated heterocycles. The maximum Gasteiger partial charge on any atom is 0.273 e. The van der Waals surface area contributed by atoms with Gasteiger partial charge in [-0.2, -0.15) is 0 Å². The molecule has 0 spiro atoms. The molecule has 1 aliphatic heterocycles. The van der Waals surface area contributed by atoms with E-state index >= 15 is 0 Å². The number of rotatable bonds is 4. The van der Waals surface area contributed by atoms with Gasteiger partial charge in [-0.1, -0.05) is 18.2 Å². The van der Waals surface area contributed by atoms with Crippen LogP contribution in [0.4, 0.5) is 17.1 Å². The zero-order chi connectivity index (χ0) is 18.5. The van der Waals surface area contributed by atoms with Crippen molar-refractivity contribution < 1.29 is 14.4 Å². The zero-order valence-electron chi connectivity index (χ0n) is 14.2. The Kier molecular flexibility index (Phi) is 4.98. The van der Waals surface area contributed by atoms with Gasteiger partial charge in [-0.25, -0.2) is 5.01 Å². The first-order valence-electron chi connectivity index (χ1n) is 8.07. The Hall–Kier alpha value is -3.61. The lowest BCUT2D eigenvalue weighted by molar-refractivity contribution is -0.119. The molecule has 3 amide bonds. The Balaban J connectivity index is 1.68. The highest BCUT2D eigenvalue weighted by Gasteiger charge is 2.23. The molecule has 2 aromatic rings. The first-order chi connectivity index (χ1) is 12.5. The smallest absolute Gasteiger partial charge is 0.273 e. The van der Waals surface area contributed by atoms with Crippen LogP contribution in [0.15, 0.2) is 66.4 Å². The quantitative estimate of drug-likeness (QED) is 0.790. The largest absolute Gasteiger partial charge is 0.326 e. The fourth-order valence-corrected chi connectivity index (χ4v) is 2.48. The highest BCUT2D eigenvalue weighted by atomic mass is 16.2. The Labute approximate surface area is 150 Å². The molecule has 1 heterocycles. The molecule has 1 aliphatic rings. The number of para-hydroxylation sites is 1. The molecule has 2 aromatic carbocycles. The number of nitrogens with zero attached hydrogens (tertiary/aromatic N) is 1. The van der Waals surface area contributed by atoms with Gasteiger partial charge in [0.2, 0.25) is 11.8 Å². The van der Waals surface area contributed by atoms with E-state index in [-0.39, 0.29) is 24.1 Å². The summed E-state index contributed by atoms with van der Waals surface area (Å²) in [4.78, 5) is 35.6. The third-order valence-electron chi connectivity index (χ3n) is 3.68. The van der Waals surface area contributed by atoms with E-state index < -0.39 is 0 Å². The molecule has 0 aliphatic carbocycles. The van der Waals surface area contributed by atoms with E-state index in [0.717, 1.165) is 0 Å². The van der Waals surface area contributed by atoms with Crippen LogP contribution in [0.25, 0.3) is 0 Å². The van der Waals surface area contributed by atoms with Crippen LogP contribution in [0, 0.1) is 0 Å². The zero-order valence-corrected chi connectivity index (χ0v) is 14.2. The molecule has 0 unspecified atom stereocenters. The van der Waals surface area contributed by atoms with Crippen molar-refractivity contribution in [3.8, 4) is 0 Å². The summed E-state index contributed by atoms with van der Waals surface area (Å²) in [6, 6.07) is 15.8. The van der Waals surface area contributed by atoms with Crippen molar-refractivity contribution in [3.05, 3.63) is 66.4 Å². The van der Waals surface area contributed by atoms with Gasteiger partial charge in [0.05, 0.1) is 5.69 Å². The average Bonchev–Trinajstić information content (AvgIpc) is 2.64. The van der Waals surface area contributed by atoms with Crippen LogP contribution in [0.5, 0.6) is 0 Å². The van der Waals surface area contributed by atoms with E-state index in [9.17, 15) is 14.4 Å². The SMILES string of the molecule is CC(=O)Nc1ccc(NC(=O)C2=CCC(=O)N(c3ccccc3)N2)cc1. The van der Waals surface area contributed by atoms with Gasteiger partial charge in [0.1, 0.15) is 5.70 Å². The van der Waals surface area contributed by atoms with E-state index in [2.05, 4.69) is 16.1 Å². The summed E-state index contributed by atoms with van der Waals surface area (Å²) in [5.74, 6) is -0.665. The first-order valence-corrected chi connectivity index (χ1v) is 8.07. The number of nitrogens with one attached hydrogen (secondary N) is 3. The van der Waals surface area contributed by atoms with Gasteiger partial charge in [0.25, 0.3) is 5.91 Å². The number of carbonyl (C=O) groups excluding carboxylic acids is 3. The minimum absolute atomic E-state index is 0.131. The van der Waals surface area contributed by atoms with E-state index in [1.165, 1.54) is 11.9 Å². The van der Waals surface area contributed by atoms with Crippen LogP contribution in [-0.2, 0) is 14.4 Å². The monoisotopic (exact) mass is 350 g/mol. The lowest BCUT2D eigenvalue weighted by Gasteiger charge is -2.28. The Morgan fingerprint density at radius 2 is 1.58 bits per heavy atom. The fraction of sp³-hybridized carbons (Fsp3) is 0.105. The topological polar surface area (TPSA) is 90.5 Å². The van der Waals surface area contributed by atoms with Crippen molar-refractivity contribution >= 4 is 34.8 Å². The summed E-state index contributed by atoms with van der Waals surface area (Å²) < 4.78 is 0. The third-order valence-corrected chi connectivity index (χ3v) is 3.68. The average molecular weight is 350 g/mol. The van der Waals surface area contributed by atoms with Crippen molar-refractivity contribution in [2.45, 2.75) is 13.3 Å². The molecular weight excluding hydrogens is 332 g/mol. The van der Waals surface area contributed by atoms with Gasteiger partial charge in [-0.3, -0.25) is 19.8 Å². The van der Waals surface area contributed by atoms with Crippen LogP contribution in [0.2, 0.25) is 0 Å². The summed E-state index contributed by atoms with van der Waals surface area (Å²) in [6.45, 7) is 1.43. The maximum absolute atomic E-state index is 12.5. The van der Waals surface area contributed by atoms with E-state index in [1.807, 2.05) is 18.2 Å². The van der Waals surface area contributed by atoms with Crippen LogP contribution < -0.4 is 21.1 Å². The van der Waals surface area contributed by atoms with Crippen LogP contribution in [0.3, 0.4) is 0 Å². The van der Waals surface area contributed by atoms with Gasteiger partial charge in [-0.05, 0) is 42.5 Å². The van der Waals surface area contributed by atoms with Crippen molar-refractivity contribution in [1.82, 2.24) is 5.43 Å². The van der Waals surface area contributed by atoms with Gasteiger partial charge in [-0.15, -0.1) is 0 Å². The Morgan fingerprint density at radius 3 is 2.19 bits per heavy atom. The first kappa shape index (κ1) is 17.2. The predicted octanol–water partition coefficient (Wildman–Crippen LogP) is 2.41. The number of benzene rings is 2. The van der Waals surface area contributed by atoms with Gasteiger partial charge >= 0.3 is 0 Å². The molecule has 0 atom stereocenters. The second kappa shape index (κ2) is 7.52. The molecule has 7 heteroatoms. The molecule has 0 saturated carbocycles. The number of hydrogen-bond donors (Lipinski definition) is 3. The van der Waals surface area contributed by atoms with Crippen LogP contribution in [0.1, 0.15) is 13.3 Å². The van der Waals surface area contributed by atoms with Crippen molar-refractivity contribution in [1.29, 1.82) is 0 Å². The van der Waals surface area contributed by atoms with Crippen molar-refractivity contribution in [2.24, 2.45) is 0 Å². The lowest BCUT2D eigenvalue weighted by atomic mass is 10.2. The highest BCUT2D eigenvalue weighted by molar-refractivity contribution is 6.06. The molecule has 0 bridgehead atoms. The normalized spacial score (nSPS) is 13.5. The number of amides is 3. The summed E-state index contributed by atoms with van der Waals surface area (Å²) in [7, 11) is 0. The van der Waals surface area contributed by atoms with Crippen LogP contribution >= 0.6 is 0 Å². The number of anilines is 3.